The molecule has 1 amide bonds. The molecule has 1 aliphatic heterocycles. The van der Waals surface area contributed by atoms with E-state index in [9.17, 15) is 9.90 Å². The maximum absolute atomic E-state index is 11.2. The average molecular weight is 295 g/mol. The number of amides is 1. The molecular weight excluding hydrogens is 275 g/mol. The van der Waals surface area contributed by atoms with E-state index in [1.165, 1.54) is 0 Å². The van der Waals surface area contributed by atoms with Crippen LogP contribution in [0.25, 0.3) is 0 Å². The van der Waals surface area contributed by atoms with E-state index in [1.807, 2.05) is 0 Å². The highest BCUT2D eigenvalue weighted by Gasteiger charge is 2.43. The van der Waals surface area contributed by atoms with Crippen LogP contribution in [0.2, 0.25) is 0 Å². The third-order valence-corrected chi connectivity index (χ3v) is 5.44. The number of aliphatic hydroxyl groups is 1. The number of nitrogens with one attached hydrogen (secondary N) is 1. The highest BCUT2D eigenvalue weighted by Crippen LogP contribution is 2.40. The van der Waals surface area contributed by atoms with Gasteiger partial charge in [-0.3, -0.25) is 4.79 Å². The first-order valence-corrected chi connectivity index (χ1v) is 7.37. The van der Waals surface area contributed by atoms with E-state index >= 15 is 0 Å². The van der Waals surface area contributed by atoms with Crippen LogP contribution in [0.15, 0.2) is 0 Å². The van der Waals surface area contributed by atoms with Gasteiger partial charge in [0.05, 0.1) is 22.9 Å². The van der Waals surface area contributed by atoms with Crippen LogP contribution < -0.4 is 11.1 Å². The fraction of sp³-hybridized carbons (Fsp3) is 0.917. The van der Waals surface area contributed by atoms with E-state index in [-0.39, 0.29) is 34.5 Å². The Bertz CT molecular complexity index is 316. The Hall–Kier alpha value is -0.0300. The Morgan fingerprint density at radius 1 is 1.28 bits per heavy atom. The maximum atomic E-state index is 11.2. The van der Waals surface area contributed by atoms with Gasteiger partial charge in [0.15, 0.2) is 0 Å². The van der Waals surface area contributed by atoms with Crippen LogP contribution in [0.1, 0.15) is 25.7 Å². The van der Waals surface area contributed by atoms with E-state index in [1.54, 1.807) is 0 Å². The van der Waals surface area contributed by atoms with Crippen molar-refractivity contribution in [1.82, 2.24) is 5.32 Å². The SMILES string of the molecule is NC(=O)[C@@H]1C[C@H]([C@@H]2C(O)CCC(Cl)C2Cl)CCN1. The minimum Gasteiger partial charge on any atom is -0.393 e. The second kappa shape index (κ2) is 5.95. The lowest BCUT2D eigenvalue weighted by Crippen LogP contribution is -2.52. The summed E-state index contributed by atoms with van der Waals surface area (Å²) in [4.78, 5) is 11.2. The molecule has 0 spiro atoms. The summed E-state index contributed by atoms with van der Waals surface area (Å²) in [6.45, 7) is 0.734. The number of nitrogens with two attached hydrogens (primary N) is 1. The van der Waals surface area contributed by atoms with Crippen LogP contribution >= 0.6 is 23.2 Å². The lowest BCUT2D eigenvalue weighted by molar-refractivity contribution is -0.121. The molecule has 6 atom stereocenters. The summed E-state index contributed by atoms with van der Waals surface area (Å²) >= 11 is 12.6. The van der Waals surface area contributed by atoms with Crippen LogP contribution in [0.3, 0.4) is 0 Å². The largest absolute Gasteiger partial charge is 0.393 e. The van der Waals surface area contributed by atoms with Crippen LogP contribution in [-0.2, 0) is 4.79 Å². The molecule has 0 radical (unpaired) electrons. The third kappa shape index (κ3) is 2.93. The third-order valence-electron chi connectivity index (χ3n) is 4.23. The summed E-state index contributed by atoms with van der Waals surface area (Å²) in [5.74, 6) is -0.159. The molecule has 0 aromatic rings. The minimum atomic E-state index is -0.417. The smallest absolute Gasteiger partial charge is 0.234 e. The molecule has 2 fully saturated rings. The predicted molar refractivity (Wildman–Crippen MR) is 71.7 cm³/mol. The van der Waals surface area contributed by atoms with Gasteiger partial charge in [0.1, 0.15) is 0 Å². The van der Waals surface area contributed by atoms with Gasteiger partial charge in [-0.15, -0.1) is 23.2 Å². The standard InChI is InChI=1S/C12H20Cl2N2O2/c13-7-1-2-9(17)10(11(7)14)6-3-4-16-8(5-6)12(15)18/h6-11,16-17H,1-5H2,(H2,15,18)/t6-,7?,8+,9?,10-,11?/m1/s1. The lowest BCUT2D eigenvalue weighted by Gasteiger charge is -2.42. The van der Waals surface area contributed by atoms with Crippen molar-refractivity contribution in [3.8, 4) is 0 Å². The van der Waals surface area contributed by atoms with Crippen molar-refractivity contribution in [3.63, 3.8) is 0 Å². The molecule has 1 aliphatic carbocycles. The molecule has 1 saturated heterocycles. The summed E-state index contributed by atoms with van der Waals surface area (Å²) in [6.07, 6.45) is 2.56. The molecule has 104 valence electrons. The van der Waals surface area contributed by atoms with Crippen molar-refractivity contribution in [2.75, 3.05) is 6.54 Å². The predicted octanol–water partition coefficient (Wildman–Crippen LogP) is 0.826. The van der Waals surface area contributed by atoms with Gasteiger partial charge in [-0.1, -0.05) is 0 Å². The van der Waals surface area contributed by atoms with Gasteiger partial charge in [0.2, 0.25) is 5.91 Å². The van der Waals surface area contributed by atoms with Crippen LogP contribution in [0.4, 0.5) is 0 Å². The first-order chi connectivity index (χ1) is 8.50. The topological polar surface area (TPSA) is 75.4 Å². The summed E-state index contributed by atoms with van der Waals surface area (Å²) in [5.41, 5.74) is 5.33. The molecule has 0 aromatic heterocycles. The molecule has 1 saturated carbocycles. The second-order valence-electron chi connectivity index (χ2n) is 5.38. The van der Waals surface area contributed by atoms with E-state index in [0.717, 1.165) is 19.4 Å². The van der Waals surface area contributed by atoms with E-state index < -0.39 is 6.10 Å². The highest BCUT2D eigenvalue weighted by atomic mass is 35.5. The van der Waals surface area contributed by atoms with Gasteiger partial charge >= 0.3 is 0 Å². The zero-order valence-electron chi connectivity index (χ0n) is 10.2. The van der Waals surface area contributed by atoms with Crippen molar-refractivity contribution < 1.29 is 9.90 Å². The molecule has 3 unspecified atom stereocenters. The van der Waals surface area contributed by atoms with Crippen LogP contribution in [0.5, 0.6) is 0 Å². The number of hydrogen-bond donors (Lipinski definition) is 3. The van der Waals surface area contributed by atoms with Crippen molar-refractivity contribution in [3.05, 3.63) is 0 Å². The summed E-state index contributed by atoms with van der Waals surface area (Å²) < 4.78 is 0. The number of aliphatic hydroxyl groups excluding tert-OH is 1. The number of hydrogen-bond acceptors (Lipinski definition) is 3. The second-order valence-corrected chi connectivity index (χ2v) is 6.44. The number of rotatable bonds is 2. The van der Waals surface area contributed by atoms with Crippen molar-refractivity contribution in [1.29, 1.82) is 0 Å². The van der Waals surface area contributed by atoms with E-state index in [0.29, 0.717) is 12.8 Å². The normalized spacial score (nSPS) is 45.7. The molecule has 18 heavy (non-hydrogen) atoms. The molecular formula is C12H20Cl2N2O2. The molecule has 6 heteroatoms. The van der Waals surface area contributed by atoms with E-state index in [4.69, 9.17) is 28.9 Å². The molecule has 2 rings (SSSR count). The van der Waals surface area contributed by atoms with Crippen LogP contribution in [0, 0.1) is 11.8 Å². The van der Waals surface area contributed by atoms with Gasteiger partial charge in [0, 0.05) is 5.92 Å². The highest BCUT2D eigenvalue weighted by molar-refractivity contribution is 6.30. The fourth-order valence-corrected chi connectivity index (χ4v) is 4.02. The number of piperidine rings is 1. The maximum Gasteiger partial charge on any atom is 0.234 e. The van der Waals surface area contributed by atoms with Crippen molar-refractivity contribution >= 4 is 29.1 Å². The first kappa shape index (κ1) is 14.4. The number of primary amides is 1. The molecule has 0 bridgehead atoms. The quantitative estimate of drug-likeness (QED) is 0.660. The Morgan fingerprint density at radius 3 is 2.67 bits per heavy atom. The monoisotopic (exact) mass is 294 g/mol. The minimum absolute atomic E-state index is 0.0353. The van der Waals surface area contributed by atoms with Crippen molar-refractivity contribution in [2.24, 2.45) is 17.6 Å². The van der Waals surface area contributed by atoms with Crippen molar-refractivity contribution in [2.45, 2.75) is 48.6 Å². The Kier molecular flexibility index (Phi) is 4.75. The number of carbonyl (C=O) groups excluding carboxylic acids is 1. The Balaban J connectivity index is 2.06. The van der Waals surface area contributed by atoms with Gasteiger partial charge in [0.25, 0.3) is 0 Å². The number of alkyl halides is 2. The Morgan fingerprint density at radius 2 is 2.00 bits per heavy atom. The fourth-order valence-electron chi connectivity index (χ4n) is 3.22. The molecule has 4 N–H and O–H groups in total. The van der Waals surface area contributed by atoms with Crippen LogP contribution in [-0.4, -0.2) is 40.5 Å². The van der Waals surface area contributed by atoms with E-state index in [2.05, 4.69) is 5.32 Å². The number of carbonyl (C=O) groups is 1. The average Bonchev–Trinajstić information content (AvgIpc) is 2.35. The molecule has 0 aromatic carbocycles. The van der Waals surface area contributed by atoms with Gasteiger partial charge in [-0.05, 0) is 38.1 Å². The zero-order valence-corrected chi connectivity index (χ0v) is 11.7. The zero-order chi connectivity index (χ0) is 13.3. The first-order valence-electron chi connectivity index (χ1n) is 6.49. The van der Waals surface area contributed by atoms with Gasteiger partial charge in [-0.2, -0.15) is 0 Å². The molecule has 2 aliphatic rings. The van der Waals surface area contributed by atoms with Gasteiger partial charge in [-0.25, -0.2) is 0 Å². The summed E-state index contributed by atoms with van der Waals surface area (Å²) in [7, 11) is 0. The van der Waals surface area contributed by atoms with Gasteiger partial charge < -0.3 is 16.2 Å². The Labute approximate surface area is 117 Å². The number of halogens is 2. The lowest BCUT2D eigenvalue weighted by atomic mass is 9.72. The molecule has 1 heterocycles. The molecule has 4 nitrogen and oxygen atoms in total. The summed E-state index contributed by atoms with van der Waals surface area (Å²) in [6, 6.07) is -0.310. The summed E-state index contributed by atoms with van der Waals surface area (Å²) in [5, 5.41) is 12.9.